The third kappa shape index (κ3) is 3.60. The lowest BCUT2D eigenvalue weighted by Gasteiger charge is -2.12. The summed E-state index contributed by atoms with van der Waals surface area (Å²) in [7, 11) is 0. The number of anilines is 1. The first kappa shape index (κ1) is 16.9. The number of nitrogens with one attached hydrogen (secondary N) is 1. The summed E-state index contributed by atoms with van der Waals surface area (Å²) in [6, 6.07) is 7.47. The lowest BCUT2D eigenvalue weighted by atomic mass is 10.00. The summed E-state index contributed by atoms with van der Waals surface area (Å²) in [6.45, 7) is 5.70. The molecule has 3 aromatic rings. The molecule has 0 fully saturated rings. The van der Waals surface area contributed by atoms with Crippen molar-refractivity contribution < 1.29 is 9.53 Å². The van der Waals surface area contributed by atoms with Crippen molar-refractivity contribution in [3.8, 4) is 0 Å². The highest BCUT2D eigenvalue weighted by atomic mass is 16.5. The maximum Gasteiger partial charge on any atom is 0.309 e. The standard InChI is InChI=1S/C18H21N5O2/c1-10(8-14-11(2)22-23-12(14)3)18(24)25-9-16-20-15-7-5-4-6-13(15)17(19)21-16/h4-7,10H,8-9H2,1-3H3,(H,22,23)(H2,19,20,21). The van der Waals surface area contributed by atoms with Crippen LogP contribution in [-0.2, 0) is 22.6 Å². The van der Waals surface area contributed by atoms with Crippen molar-refractivity contribution in [2.45, 2.75) is 33.8 Å². The van der Waals surface area contributed by atoms with E-state index in [1.165, 1.54) is 0 Å². The first-order valence-electron chi connectivity index (χ1n) is 8.14. The highest BCUT2D eigenvalue weighted by molar-refractivity contribution is 5.87. The van der Waals surface area contributed by atoms with Gasteiger partial charge in [0.05, 0.1) is 17.1 Å². The van der Waals surface area contributed by atoms with Crippen LogP contribution >= 0.6 is 0 Å². The Balaban J connectivity index is 1.66. The number of aromatic nitrogens is 4. The van der Waals surface area contributed by atoms with Crippen molar-refractivity contribution in [2.24, 2.45) is 5.92 Å². The van der Waals surface area contributed by atoms with E-state index in [9.17, 15) is 4.79 Å². The quantitative estimate of drug-likeness (QED) is 0.692. The zero-order valence-electron chi connectivity index (χ0n) is 14.5. The third-order valence-corrected chi connectivity index (χ3v) is 4.22. The van der Waals surface area contributed by atoms with Crippen LogP contribution in [0.15, 0.2) is 24.3 Å². The third-order valence-electron chi connectivity index (χ3n) is 4.22. The highest BCUT2D eigenvalue weighted by Gasteiger charge is 2.19. The fourth-order valence-corrected chi connectivity index (χ4v) is 2.76. The van der Waals surface area contributed by atoms with Gasteiger partial charge in [0.15, 0.2) is 12.4 Å². The number of ether oxygens (including phenoxy) is 1. The molecule has 3 N–H and O–H groups in total. The van der Waals surface area contributed by atoms with E-state index >= 15 is 0 Å². The first-order valence-corrected chi connectivity index (χ1v) is 8.14. The van der Waals surface area contributed by atoms with Gasteiger partial charge in [-0.1, -0.05) is 19.1 Å². The van der Waals surface area contributed by atoms with Crippen LogP contribution in [0.4, 0.5) is 5.82 Å². The number of carbonyl (C=O) groups is 1. The molecule has 3 rings (SSSR count). The van der Waals surface area contributed by atoms with Crippen molar-refractivity contribution in [3.63, 3.8) is 0 Å². The zero-order valence-corrected chi connectivity index (χ0v) is 14.5. The molecule has 0 radical (unpaired) electrons. The molecule has 1 aromatic carbocycles. The van der Waals surface area contributed by atoms with Gasteiger partial charge in [0.1, 0.15) is 5.82 Å². The molecule has 0 aliphatic heterocycles. The molecule has 0 bridgehead atoms. The number of esters is 1. The average Bonchev–Trinajstić information content (AvgIpc) is 2.91. The number of carbonyl (C=O) groups excluding carboxylic acids is 1. The number of nitrogen functional groups attached to an aromatic ring is 1. The Morgan fingerprint density at radius 3 is 2.76 bits per heavy atom. The van der Waals surface area contributed by atoms with Gasteiger partial charge in [0, 0.05) is 11.1 Å². The number of H-pyrrole nitrogens is 1. The van der Waals surface area contributed by atoms with Gasteiger partial charge in [-0.2, -0.15) is 5.10 Å². The molecule has 0 aliphatic carbocycles. The van der Waals surface area contributed by atoms with E-state index in [2.05, 4.69) is 20.2 Å². The Hall–Kier alpha value is -2.96. The number of aromatic amines is 1. The van der Waals surface area contributed by atoms with Crippen LogP contribution in [0.3, 0.4) is 0 Å². The van der Waals surface area contributed by atoms with Gasteiger partial charge in [-0.15, -0.1) is 0 Å². The number of hydrogen-bond donors (Lipinski definition) is 2. The summed E-state index contributed by atoms with van der Waals surface area (Å²) < 4.78 is 5.37. The van der Waals surface area contributed by atoms with E-state index in [0.29, 0.717) is 18.1 Å². The number of aryl methyl sites for hydroxylation is 2. The molecular formula is C18H21N5O2. The maximum atomic E-state index is 12.3. The fraction of sp³-hybridized carbons (Fsp3) is 0.333. The molecule has 0 amide bonds. The molecule has 2 aromatic heterocycles. The lowest BCUT2D eigenvalue weighted by Crippen LogP contribution is -2.18. The molecule has 0 saturated heterocycles. The number of benzene rings is 1. The Labute approximate surface area is 145 Å². The van der Waals surface area contributed by atoms with E-state index in [0.717, 1.165) is 27.9 Å². The van der Waals surface area contributed by atoms with Crippen LogP contribution in [0.25, 0.3) is 10.9 Å². The van der Waals surface area contributed by atoms with Gasteiger partial charge >= 0.3 is 5.97 Å². The van der Waals surface area contributed by atoms with Gasteiger partial charge in [0.2, 0.25) is 0 Å². The average molecular weight is 339 g/mol. The predicted molar refractivity (Wildman–Crippen MR) is 94.7 cm³/mol. The van der Waals surface area contributed by atoms with Crippen LogP contribution in [0.5, 0.6) is 0 Å². The topological polar surface area (TPSA) is 107 Å². The molecule has 0 spiro atoms. The second-order valence-corrected chi connectivity index (χ2v) is 6.17. The first-order chi connectivity index (χ1) is 12.0. The maximum absolute atomic E-state index is 12.3. The summed E-state index contributed by atoms with van der Waals surface area (Å²) >= 11 is 0. The molecule has 2 heterocycles. The molecule has 1 atom stereocenters. The van der Waals surface area contributed by atoms with Crippen LogP contribution in [0, 0.1) is 19.8 Å². The Bertz CT molecular complexity index is 899. The second-order valence-electron chi connectivity index (χ2n) is 6.17. The van der Waals surface area contributed by atoms with Crippen molar-refractivity contribution in [3.05, 3.63) is 47.0 Å². The minimum Gasteiger partial charge on any atom is -0.457 e. The van der Waals surface area contributed by atoms with E-state index in [4.69, 9.17) is 10.5 Å². The van der Waals surface area contributed by atoms with Crippen molar-refractivity contribution in [2.75, 3.05) is 5.73 Å². The monoisotopic (exact) mass is 339 g/mol. The number of para-hydroxylation sites is 1. The summed E-state index contributed by atoms with van der Waals surface area (Å²) in [4.78, 5) is 20.9. The number of rotatable bonds is 5. The molecule has 0 saturated carbocycles. The summed E-state index contributed by atoms with van der Waals surface area (Å²) in [5.41, 5.74) is 9.61. The van der Waals surface area contributed by atoms with Gasteiger partial charge in [-0.25, -0.2) is 9.97 Å². The lowest BCUT2D eigenvalue weighted by molar-refractivity contribution is -0.149. The van der Waals surface area contributed by atoms with Gasteiger partial charge in [-0.3, -0.25) is 9.89 Å². The van der Waals surface area contributed by atoms with Crippen LogP contribution in [0.2, 0.25) is 0 Å². The van der Waals surface area contributed by atoms with Crippen molar-refractivity contribution in [1.29, 1.82) is 0 Å². The highest BCUT2D eigenvalue weighted by Crippen LogP contribution is 2.19. The normalized spacial score (nSPS) is 12.3. The Kier molecular flexibility index (Phi) is 4.65. The molecule has 0 aliphatic rings. The van der Waals surface area contributed by atoms with E-state index in [-0.39, 0.29) is 18.5 Å². The number of nitrogens with zero attached hydrogens (tertiary/aromatic N) is 3. The smallest absolute Gasteiger partial charge is 0.309 e. The summed E-state index contributed by atoms with van der Waals surface area (Å²) in [5.74, 6) is 0.199. The van der Waals surface area contributed by atoms with Gasteiger partial charge < -0.3 is 10.5 Å². The number of hydrogen-bond acceptors (Lipinski definition) is 6. The molecule has 7 nitrogen and oxygen atoms in total. The van der Waals surface area contributed by atoms with E-state index < -0.39 is 0 Å². The van der Waals surface area contributed by atoms with Crippen molar-refractivity contribution >= 4 is 22.7 Å². The van der Waals surface area contributed by atoms with Crippen LogP contribution in [0.1, 0.15) is 29.7 Å². The van der Waals surface area contributed by atoms with Gasteiger partial charge in [-0.05, 0) is 38.0 Å². The largest absolute Gasteiger partial charge is 0.457 e. The van der Waals surface area contributed by atoms with E-state index in [1.54, 1.807) is 0 Å². The molecular weight excluding hydrogens is 318 g/mol. The number of fused-ring (bicyclic) bond motifs is 1. The Morgan fingerprint density at radius 1 is 1.28 bits per heavy atom. The minimum atomic E-state index is -0.296. The molecule has 25 heavy (non-hydrogen) atoms. The minimum absolute atomic E-state index is 0.00155. The van der Waals surface area contributed by atoms with Crippen molar-refractivity contribution in [1.82, 2.24) is 20.2 Å². The molecule has 1 unspecified atom stereocenters. The van der Waals surface area contributed by atoms with Crippen LogP contribution in [-0.4, -0.2) is 26.1 Å². The Morgan fingerprint density at radius 2 is 2.04 bits per heavy atom. The van der Waals surface area contributed by atoms with E-state index in [1.807, 2.05) is 45.0 Å². The predicted octanol–water partition coefficient (Wildman–Crippen LogP) is 2.47. The molecule has 7 heteroatoms. The second kappa shape index (κ2) is 6.88. The fourth-order valence-electron chi connectivity index (χ4n) is 2.76. The van der Waals surface area contributed by atoms with Gasteiger partial charge in [0.25, 0.3) is 0 Å². The summed E-state index contributed by atoms with van der Waals surface area (Å²) in [6.07, 6.45) is 0.577. The van der Waals surface area contributed by atoms with Crippen LogP contribution < -0.4 is 5.73 Å². The zero-order chi connectivity index (χ0) is 18.0. The number of nitrogens with two attached hydrogens (primary N) is 1. The summed E-state index contributed by atoms with van der Waals surface area (Å²) in [5, 5.41) is 7.86. The SMILES string of the molecule is Cc1n[nH]c(C)c1CC(C)C(=O)OCc1nc(N)c2ccccc2n1. The molecule has 130 valence electrons.